The highest BCUT2D eigenvalue weighted by molar-refractivity contribution is 7.87. The van der Waals surface area contributed by atoms with Gasteiger partial charge in [0.05, 0.1) is 18.7 Å². The minimum absolute atomic E-state index is 0.0350. The fourth-order valence-electron chi connectivity index (χ4n) is 2.02. The van der Waals surface area contributed by atoms with E-state index in [9.17, 15) is 26.4 Å². The fraction of sp³-hybridized carbons (Fsp3) is 0.462. The van der Waals surface area contributed by atoms with Crippen LogP contribution in [-0.4, -0.2) is 52.1 Å². The Morgan fingerprint density at radius 3 is 2.62 bits per heavy atom. The number of nitrogens with one attached hydrogen (secondary N) is 1. The van der Waals surface area contributed by atoms with Crippen LogP contribution in [-0.2, 0) is 21.1 Å². The van der Waals surface area contributed by atoms with Gasteiger partial charge in [-0.2, -0.15) is 30.6 Å². The zero-order chi connectivity index (χ0) is 18.1. The summed E-state index contributed by atoms with van der Waals surface area (Å²) in [5.41, 5.74) is -0.850. The first-order valence-electron chi connectivity index (χ1n) is 6.83. The second kappa shape index (κ2) is 6.57. The van der Waals surface area contributed by atoms with Crippen molar-refractivity contribution >= 4 is 22.0 Å². The number of carbonyl (C=O) groups excluding carboxylic acids is 1. The van der Waals surface area contributed by atoms with Gasteiger partial charge in [0.2, 0.25) is 0 Å². The van der Waals surface area contributed by atoms with Crippen LogP contribution in [0.4, 0.5) is 23.7 Å². The summed E-state index contributed by atoms with van der Waals surface area (Å²) in [7, 11) is -1.02. The Morgan fingerprint density at radius 2 is 2.04 bits per heavy atom. The Morgan fingerprint density at radius 1 is 1.38 bits per heavy atom. The van der Waals surface area contributed by atoms with Crippen LogP contribution < -0.4 is 9.62 Å². The van der Waals surface area contributed by atoms with Crippen LogP contribution in [0.15, 0.2) is 24.3 Å². The van der Waals surface area contributed by atoms with Gasteiger partial charge >= 0.3 is 12.3 Å². The fourth-order valence-corrected chi connectivity index (χ4v) is 2.67. The van der Waals surface area contributed by atoms with E-state index >= 15 is 0 Å². The molecule has 0 aliphatic carbocycles. The van der Waals surface area contributed by atoms with Gasteiger partial charge in [-0.05, 0) is 18.2 Å². The van der Waals surface area contributed by atoms with E-state index in [-0.39, 0.29) is 18.8 Å². The third-order valence-corrected chi connectivity index (χ3v) is 4.83. The van der Waals surface area contributed by atoms with E-state index in [2.05, 4.69) is 4.72 Å². The van der Waals surface area contributed by atoms with E-state index in [1.54, 1.807) is 0 Å². The van der Waals surface area contributed by atoms with Crippen LogP contribution in [0, 0.1) is 0 Å². The predicted molar refractivity (Wildman–Crippen MR) is 79.7 cm³/mol. The molecule has 1 saturated heterocycles. The van der Waals surface area contributed by atoms with E-state index < -0.39 is 34.1 Å². The number of halogens is 3. The molecule has 1 amide bonds. The van der Waals surface area contributed by atoms with E-state index in [1.165, 1.54) is 26.2 Å². The number of nitrogens with zero attached hydrogens (tertiary/aromatic N) is 2. The highest BCUT2D eigenvalue weighted by atomic mass is 32.2. The van der Waals surface area contributed by atoms with Gasteiger partial charge in [0.15, 0.2) is 0 Å². The first-order chi connectivity index (χ1) is 11.0. The molecule has 1 aromatic carbocycles. The molecule has 1 fully saturated rings. The number of hydrogen-bond acceptors (Lipinski definition) is 4. The average Bonchev–Trinajstić information content (AvgIpc) is 2.85. The molecule has 1 aliphatic rings. The molecular formula is C13H16F3N3O4S. The Kier molecular flexibility index (Phi) is 5.06. The molecule has 0 aromatic heterocycles. The summed E-state index contributed by atoms with van der Waals surface area (Å²) in [5.74, 6) is 0. The lowest BCUT2D eigenvalue weighted by Crippen LogP contribution is -2.40. The zero-order valence-electron chi connectivity index (χ0n) is 12.9. The maximum atomic E-state index is 12.7. The summed E-state index contributed by atoms with van der Waals surface area (Å²) in [5, 5.41) is 0. The Balaban J connectivity index is 2.08. The molecule has 11 heteroatoms. The van der Waals surface area contributed by atoms with E-state index in [0.717, 1.165) is 21.3 Å². The van der Waals surface area contributed by atoms with Gasteiger partial charge < -0.3 is 4.74 Å². The number of rotatable bonds is 5. The summed E-state index contributed by atoms with van der Waals surface area (Å²) < 4.78 is 69.6. The third kappa shape index (κ3) is 4.16. The second-order valence-corrected chi connectivity index (χ2v) is 7.27. The number of carbonyl (C=O) groups is 1. The quantitative estimate of drug-likeness (QED) is 0.854. The molecule has 1 aliphatic heterocycles. The molecule has 1 atom stereocenters. The molecule has 0 spiro atoms. The molecule has 1 heterocycles. The molecule has 1 N–H and O–H groups in total. The van der Waals surface area contributed by atoms with Gasteiger partial charge in [-0.1, -0.05) is 6.07 Å². The summed E-state index contributed by atoms with van der Waals surface area (Å²) in [4.78, 5) is 12.9. The van der Waals surface area contributed by atoms with Gasteiger partial charge in [-0.25, -0.2) is 4.79 Å². The van der Waals surface area contributed by atoms with Gasteiger partial charge in [0, 0.05) is 19.8 Å². The van der Waals surface area contributed by atoms with Crippen molar-refractivity contribution in [2.45, 2.75) is 12.3 Å². The summed E-state index contributed by atoms with van der Waals surface area (Å²) in [6.45, 7) is -0.238. The Hall–Kier alpha value is -1.85. The predicted octanol–water partition coefficient (Wildman–Crippen LogP) is 1.43. The van der Waals surface area contributed by atoms with Gasteiger partial charge in [-0.15, -0.1) is 0 Å². The number of alkyl halides is 3. The topological polar surface area (TPSA) is 79.0 Å². The normalized spacial score (nSPS) is 19.0. The zero-order valence-corrected chi connectivity index (χ0v) is 13.7. The highest BCUT2D eigenvalue weighted by Gasteiger charge is 2.35. The van der Waals surface area contributed by atoms with Crippen molar-refractivity contribution in [1.82, 2.24) is 9.03 Å². The molecule has 1 unspecified atom stereocenters. The van der Waals surface area contributed by atoms with Crippen LogP contribution in [0.5, 0.6) is 0 Å². The van der Waals surface area contributed by atoms with Crippen LogP contribution in [0.25, 0.3) is 0 Å². The lowest BCUT2D eigenvalue weighted by Gasteiger charge is -2.16. The summed E-state index contributed by atoms with van der Waals surface area (Å²) in [6.07, 6.45) is -6.16. The minimum Gasteiger partial charge on any atom is -0.443 e. The van der Waals surface area contributed by atoms with E-state index in [1.807, 2.05) is 0 Å². The molecule has 24 heavy (non-hydrogen) atoms. The molecule has 134 valence electrons. The first-order valence-corrected chi connectivity index (χ1v) is 8.27. The van der Waals surface area contributed by atoms with Crippen molar-refractivity contribution in [2.75, 3.05) is 32.1 Å². The highest BCUT2D eigenvalue weighted by Crippen LogP contribution is 2.32. The van der Waals surface area contributed by atoms with Crippen molar-refractivity contribution in [3.8, 4) is 0 Å². The van der Waals surface area contributed by atoms with Crippen molar-refractivity contribution < 1.29 is 31.1 Å². The van der Waals surface area contributed by atoms with Crippen molar-refractivity contribution in [3.63, 3.8) is 0 Å². The average molecular weight is 367 g/mol. The number of ether oxygens (including phenoxy) is 1. The molecule has 7 nitrogen and oxygen atoms in total. The molecule has 0 radical (unpaired) electrons. The number of amides is 1. The van der Waals surface area contributed by atoms with Crippen molar-refractivity contribution in [3.05, 3.63) is 29.8 Å². The SMILES string of the molecule is CN(C)S(=O)(=O)NCC1CN(c2cccc(C(F)(F)F)c2)C(=O)O1. The molecule has 2 rings (SSSR count). The summed E-state index contributed by atoms with van der Waals surface area (Å²) in [6, 6.07) is 4.28. The molecule has 0 saturated carbocycles. The standard InChI is InChI=1S/C13H16F3N3O4S/c1-18(2)24(21,22)17-7-11-8-19(12(20)23-11)10-5-3-4-9(6-10)13(14,15)16/h3-6,11,17H,7-8H2,1-2H3. The van der Waals surface area contributed by atoms with E-state index in [4.69, 9.17) is 4.74 Å². The van der Waals surface area contributed by atoms with Crippen LogP contribution in [0.2, 0.25) is 0 Å². The largest absolute Gasteiger partial charge is 0.443 e. The van der Waals surface area contributed by atoms with Crippen LogP contribution >= 0.6 is 0 Å². The third-order valence-electron chi connectivity index (χ3n) is 3.33. The first kappa shape index (κ1) is 18.5. The Labute approximate surface area is 137 Å². The van der Waals surface area contributed by atoms with Crippen LogP contribution in [0.1, 0.15) is 5.56 Å². The number of anilines is 1. The number of cyclic esters (lactones) is 1. The van der Waals surface area contributed by atoms with Crippen LogP contribution in [0.3, 0.4) is 0 Å². The number of hydrogen-bond donors (Lipinski definition) is 1. The molecular weight excluding hydrogens is 351 g/mol. The van der Waals surface area contributed by atoms with Gasteiger partial charge in [-0.3, -0.25) is 4.90 Å². The summed E-state index contributed by atoms with van der Waals surface area (Å²) >= 11 is 0. The maximum absolute atomic E-state index is 12.7. The second-order valence-electron chi connectivity index (χ2n) is 5.30. The minimum atomic E-state index is -4.53. The molecule has 1 aromatic rings. The number of benzene rings is 1. The molecule has 0 bridgehead atoms. The Bertz CT molecular complexity index is 721. The smallest absolute Gasteiger partial charge is 0.416 e. The van der Waals surface area contributed by atoms with Crippen molar-refractivity contribution in [2.24, 2.45) is 0 Å². The lowest BCUT2D eigenvalue weighted by atomic mass is 10.2. The van der Waals surface area contributed by atoms with Crippen molar-refractivity contribution in [1.29, 1.82) is 0 Å². The maximum Gasteiger partial charge on any atom is 0.416 e. The monoisotopic (exact) mass is 367 g/mol. The lowest BCUT2D eigenvalue weighted by molar-refractivity contribution is -0.137. The van der Waals surface area contributed by atoms with Gasteiger partial charge in [0.25, 0.3) is 10.2 Å². The van der Waals surface area contributed by atoms with Gasteiger partial charge in [0.1, 0.15) is 6.10 Å². The van der Waals surface area contributed by atoms with E-state index in [0.29, 0.717) is 0 Å².